The monoisotopic (exact) mass is 730 g/mol. The van der Waals surface area contributed by atoms with Crippen LogP contribution >= 0.6 is 7.82 Å². The first-order valence-corrected chi connectivity index (χ1v) is 20.4. The molecule has 1 aliphatic heterocycles. The number of carbonyl (C=O) groups is 2. The van der Waals surface area contributed by atoms with Crippen molar-refractivity contribution >= 4 is 19.8 Å². The summed E-state index contributed by atoms with van der Waals surface area (Å²) in [6.07, 6.45) is 27.6. The molecule has 1 saturated heterocycles. The summed E-state index contributed by atoms with van der Waals surface area (Å²) in [6, 6.07) is 0. The van der Waals surface area contributed by atoms with E-state index in [1.165, 1.54) is 44.9 Å². The highest BCUT2D eigenvalue weighted by atomic mass is 31.2. The lowest BCUT2D eigenvalue weighted by molar-refractivity contribution is -0.161. The van der Waals surface area contributed by atoms with Crippen molar-refractivity contribution in [3.8, 4) is 0 Å². The fraction of sp³-hybridized carbons (Fsp3) is 0.789. The van der Waals surface area contributed by atoms with Gasteiger partial charge >= 0.3 is 19.8 Å². The summed E-state index contributed by atoms with van der Waals surface area (Å²) in [5.74, 6) is -0.288. The van der Waals surface area contributed by atoms with Gasteiger partial charge in [-0.05, 0) is 50.9 Å². The standard InChI is InChI=1S/C38H67O11P/c1-4-5-18-24-35-36(49-35)25-20-15-10-8-6-7-9-11-17-22-27-38(42)48-34(31-47-50(43,44)46-29-33(40)28-39)30-45-37(41)26-21-16-13-12-14-19-23-32(2)3/h6,8-9,11,15,20,32-36,39-40H,4-5,7,10,12-14,16-19,21-31H2,1-3H3,(H,43,44)/b8-6-,11-9-,20-15-/t33-,34+,35?,36?/m0/s1. The average Bonchev–Trinajstić information content (AvgIpc) is 3.84. The number of phosphoric acid groups is 1. The van der Waals surface area contributed by atoms with Crippen LogP contribution in [0.5, 0.6) is 0 Å². The minimum atomic E-state index is -4.63. The van der Waals surface area contributed by atoms with E-state index in [-0.39, 0.29) is 19.4 Å². The number of carbonyl (C=O) groups excluding carboxylic acids is 2. The Morgan fingerprint density at radius 3 is 2.12 bits per heavy atom. The molecule has 0 aromatic heterocycles. The van der Waals surface area contributed by atoms with Gasteiger partial charge in [0, 0.05) is 12.8 Å². The van der Waals surface area contributed by atoms with Gasteiger partial charge in [0.15, 0.2) is 6.10 Å². The number of aliphatic hydroxyl groups excluding tert-OH is 2. The molecular weight excluding hydrogens is 663 g/mol. The maximum absolute atomic E-state index is 12.5. The number of esters is 2. The van der Waals surface area contributed by atoms with E-state index >= 15 is 0 Å². The van der Waals surface area contributed by atoms with Crippen molar-refractivity contribution in [2.45, 2.75) is 161 Å². The normalized spacial score (nSPS) is 18.6. The number of hydrogen-bond donors (Lipinski definition) is 3. The molecule has 0 amide bonds. The Bertz CT molecular complexity index is 1010. The van der Waals surface area contributed by atoms with Gasteiger partial charge in [0.25, 0.3) is 0 Å². The van der Waals surface area contributed by atoms with E-state index in [1.54, 1.807) is 0 Å². The molecule has 1 fully saturated rings. The van der Waals surface area contributed by atoms with Gasteiger partial charge < -0.3 is 29.3 Å². The zero-order valence-corrected chi connectivity index (χ0v) is 31.9. The predicted molar refractivity (Wildman–Crippen MR) is 195 cm³/mol. The van der Waals surface area contributed by atoms with Crippen LogP contribution < -0.4 is 0 Å². The van der Waals surface area contributed by atoms with Crippen LogP contribution in [-0.2, 0) is 37.4 Å². The lowest BCUT2D eigenvalue weighted by atomic mass is 10.0. The van der Waals surface area contributed by atoms with Crippen LogP contribution in [0.15, 0.2) is 36.5 Å². The number of epoxide rings is 1. The van der Waals surface area contributed by atoms with Gasteiger partial charge in [0.2, 0.25) is 0 Å². The fourth-order valence-electron chi connectivity index (χ4n) is 5.09. The lowest BCUT2D eigenvalue weighted by Crippen LogP contribution is -2.29. The van der Waals surface area contributed by atoms with Crippen LogP contribution in [0.1, 0.15) is 136 Å². The van der Waals surface area contributed by atoms with Gasteiger partial charge in [-0.2, -0.15) is 0 Å². The molecule has 5 atom stereocenters. The third kappa shape index (κ3) is 27.8. The summed E-state index contributed by atoms with van der Waals surface area (Å²) in [6.45, 7) is 4.47. The molecule has 1 aliphatic rings. The van der Waals surface area contributed by atoms with Gasteiger partial charge in [-0.25, -0.2) is 4.57 Å². The SMILES string of the molecule is CCCCCC1OC1C/C=C\C/C=C\C/C=C\CCCC(=O)O[C@H](COC(=O)CCCCCCCCC(C)C)COP(=O)(O)OC[C@@H](O)CO. The summed E-state index contributed by atoms with van der Waals surface area (Å²) in [4.78, 5) is 34.7. The van der Waals surface area contributed by atoms with Crippen molar-refractivity contribution in [1.29, 1.82) is 0 Å². The third-order valence-electron chi connectivity index (χ3n) is 8.15. The molecule has 0 saturated carbocycles. The molecule has 3 N–H and O–H groups in total. The molecule has 12 heteroatoms. The molecule has 11 nitrogen and oxygen atoms in total. The second-order valence-electron chi connectivity index (χ2n) is 13.5. The van der Waals surface area contributed by atoms with Crippen LogP contribution in [0.25, 0.3) is 0 Å². The van der Waals surface area contributed by atoms with Crippen LogP contribution in [-0.4, -0.2) is 77.9 Å². The lowest BCUT2D eigenvalue weighted by Gasteiger charge is -2.20. The van der Waals surface area contributed by atoms with Gasteiger partial charge in [-0.15, -0.1) is 0 Å². The zero-order chi connectivity index (χ0) is 36.9. The molecule has 1 rings (SSSR count). The highest BCUT2D eigenvalue weighted by Gasteiger charge is 2.36. The molecule has 0 aromatic rings. The molecule has 1 heterocycles. The minimum Gasteiger partial charge on any atom is -0.462 e. The molecule has 0 bridgehead atoms. The summed E-state index contributed by atoms with van der Waals surface area (Å²) < 4.78 is 38.2. The summed E-state index contributed by atoms with van der Waals surface area (Å²) in [5, 5.41) is 18.2. The number of rotatable bonds is 33. The highest BCUT2D eigenvalue weighted by molar-refractivity contribution is 7.47. The van der Waals surface area contributed by atoms with Crippen molar-refractivity contribution in [3.63, 3.8) is 0 Å². The van der Waals surface area contributed by atoms with Crippen molar-refractivity contribution in [2.24, 2.45) is 5.92 Å². The molecule has 0 aromatic carbocycles. The fourth-order valence-corrected chi connectivity index (χ4v) is 5.88. The molecular formula is C38H67O11P. The van der Waals surface area contributed by atoms with Crippen LogP contribution in [0.2, 0.25) is 0 Å². The van der Waals surface area contributed by atoms with E-state index in [0.29, 0.717) is 37.4 Å². The number of hydrogen-bond acceptors (Lipinski definition) is 10. The second kappa shape index (κ2) is 29.7. The molecule has 3 unspecified atom stereocenters. The Morgan fingerprint density at radius 1 is 0.780 bits per heavy atom. The van der Waals surface area contributed by atoms with Crippen molar-refractivity contribution < 1.29 is 52.5 Å². The quantitative estimate of drug-likeness (QED) is 0.0197. The largest absolute Gasteiger partial charge is 0.472 e. The maximum atomic E-state index is 12.5. The smallest absolute Gasteiger partial charge is 0.462 e. The molecule has 290 valence electrons. The molecule has 0 radical (unpaired) electrons. The number of ether oxygens (including phenoxy) is 3. The summed E-state index contributed by atoms with van der Waals surface area (Å²) in [5.41, 5.74) is 0. The minimum absolute atomic E-state index is 0.104. The van der Waals surface area contributed by atoms with E-state index in [9.17, 15) is 24.2 Å². The number of aliphatic hydroxyl groups is 2. The molecule has 50 heavy (non-hydrogen) atoms. The van der Waals surface area contributed by atoms with Gasteiger partial charge in [-0.3, -0.25) is 18.6 Å². The Kier molecular flexibility index (Phi) is 27.4. The Labute approximate surface area is 301 Å². The van der Waals surface area contributed by atoms with Crippen LogP contribution in [0.4, 0.5) is 0 Å². The molecule has 0 spiro atoms. The van der Waals surface area contributed by atoms with Crippen molar-refractivity contribution in [2.75, 3.05) is 26.4 Å². The maximum Gasteiger partial charge on any atom is 0.472 e. The predicted octanol–water partition coefficient (Wildman–Crippen LogP) is 8.06. The van der Waals surface area contributed by atoms with E-state index in [2.05, 4.69) is 49.6 Å². The average molecular weight is 731 g/mol. The van der Waals surface area contributed by atoms with Crippen molar-refractivity contribution in [3.05, 3.63) is 36.5 Å². The van der Waals surface area contributed by atoms with Gasteiger partial charge in [-0.1, -0.05) is 115 Å². The number of allylic oxidation sites excluding steroid dienone is 5. The van der Waals surface area contributed by atoms with Crippen LogP contribution in [0.3, 0.4) is 0 Å². The van der Waals surface area contributed by atoms with Gasteiger partial charge in [0.1, 0.15) is 12.7 Å². The van der Waals surface area contributed by atoms with Crippen molar-refractivity contribution in [1.82, 2.24) is 0 Å². The van der Waals surface area contributed by atoms with Crippen LogP contribution in [0, 0.1) is 5.92 Å². The number of unbranched alkanes of at least 4 members (excludes halogenated alkanes) is 8. The first kappa shape index (κ1) is 46.2. The highest BCUT2D eigenvalue weighted by Crippen LogP contribution is 2.43. The Balaban J connectivity index is 2.33. The Hall–Kier alpha value is -1.85. The molecule has 0 aliphatic carbocycles. The number of phosphoric ester groups is 1. The van der Waals surface area contributed by atoms with E-state index in [4.69, 9.17) is 23.8 Å². The summed E-state index contributed by atoms with van der Waals surface area (Å²) in [7, 11) is -4.63. The van der Waals surface area contributed by atoms with Gasteiger partial charge in [0.05, 0.1) is 32.0 Å². The zero-order valence-electron chi connectivity index (χ0n) is 31.0. The topological polar surface area (TPSA) is 161 Å². The van der Waals surface area contributed by atoms with E-state index in [1.807, 2.05) is 12.2 Å². The summed E-state index contributed by atoms with van der Waals surface area (Å²) >= 11 is 0. The first-order chi connectivity index (χ1) is 24.1. The second-order valence-corrected chi connectivity index (χ2v) is 14.9. The first-order valence-electron chi connectivity index (χ1n) is 18.9. The van der Waals surface area contributed by atoms with E-state index < -0.39 is 51.8 Å². The van der Waals surface area contributed by atoms with E-state index in [0.717, 1.165) is 38.5 Å². The Morgan fingerprint density at radius 2 is 1.42 bits per heavy atom. The third-order valence-corrected chi connectivity index (χ3v) is 9.10.